The Labute approximate surface area is 167 Å². The second-order valence-electron chi connectivity index (χ2n) is 6.22. The number of halogens is 3. The minimum Gasteiger partial charge on any atom is -0.460 e. The molecule has 1 N–H and O–H groups in total. The molecule has 0 saturated carbocycles. The van der Waals surface area contributed by atoms with E-state index in [1.807, 2.05) is 0 Å². The van der Waals surface area contributed by atoms with E-state index in [0.717, 1.165) is 30.3 Å². The summed E-state index contributed by atoms with van der Waals surface area (Å²) >= 11 is 0. The van der Waals surface area contributed by atoms with Gasteiger partial charge in [0.15, 0.2) is 0 Å². The molecular weight excluding hydrogens is 411 g/mol. The monoisotopic (exact) mass is 427 g/mol. The molecule has 0 aliphatic carbocycles. The lowest BCUT2D eigenvalue weighted by Gasteiger charge is -2.16. The van der Waals surface area contributed by atoms with Crippen molar-refractivity contribution in [1.82, 2.24) is 5.32 Å². The van der Waals surface area contributed by atoms with Gasteiger partial charge in [-0.25, -0.2) is 0 Å². The van der Waals surface area contributed by atoms with Crippen LogP contribution in [0.4, 0.5) is 24.5 Å². The number of hydrogen-bond donors (Lipinski definition) is 1. The van der Waals surface area contributed by atoms with Crippen molar-refractivity contribution in [1.29, 1.82) is 0 Å². The minimum atomic E-state index is -4.47. The number of non-ortho nitro benzene ring substituents is 2. The number of benzene rings is 2. The number of nitrogens with zero attached hydrogens (tertiary/aromatic N) is 2. The summed E-state index contributed by atoms with van der Waals surface area (Å²) in [6.07, 6.45) is -4.44. The number of carbonyl (C=O) groups is 1. The van der Waals surface area contributed by atoms with Crippen LogP contribution in [0.1, 0.15) is 16.7 Å². The average Bonchev–Trinajstić information content (AvgIpc) is 2.69. The predicted octanol–water partition coefficient (Wildman–Crippen LogP) is 3.40. The first-order valence-corrected chi connectivity index (χ1v) is 8.44. The van der Waals surface area contributed by atoms with Crippen LogP contribution in [0.3, 0.4) is 0 Å². The number of ether oxygens (including phenoxy) is 1. The number of nitro groups is 2. The fourth-order valence-corrected chi connectivity index (χ4v) is 2.57. The smallest absolute Gasteiger partial charge is 0.416 e. The van der Waals surface area contributed by atoms with Crippen molar-refractivity contribution >= 4 is 17.3 Å². The van der Waals surface area contributed by atoms with Gasteiger partial charge in [-0.2, -0.15) is 13.2 Å². The van der Waals surface area contributed by atoms with Crippen molar-refractivity contribution in [3.8, 4) is 0 Å². The Morgan fingerprint density at radius 3 is 2.00 bits per heavy atom. The number of rotatable bonds is 8. The topological polar surface area (TPSA) is 125 Å². The largest absolute Gasteiger partial charge is 0.460 e. The molecule has 2 aromatic carbocycles. The third-order valence-electron chi connectivity index (χ3n) is 4.12. The number of nitrogens with one attached hydrogen (secondary N) is 1. The highest BCUT2D eigenvalue weighted by molar-refractivity contribution is 5.76. The van der Waals surface area contributed by atoms with Crippen LogP contribution in [-0.2, 0) is 28.7 Å². The maximum atomic E-state index is 12.6. The van der Waals surface area contributed by atoms with Gasteiger partial charge in [-0.3, -0.25) is 25.0 Å². The van der Waals surface area contributed by atoms with Crippen LogP contribution in [0.2, 0.25) is 0 Å². The molecular formula is C18H16F3N3O6. The molecule has 9 nitrogen and oxygen atoms in total. The Morgan fingerprint density at radius 1 is 1.03 bits per heavy atom. The van der Waals surface area contributed by atoms with Crippen molar-refractivity contribution in [2.45, 2.75) is 25.2 Å². The molecule has 0 unspecified atom stereocenters. The van der Waals surface area contributed by atoms with Gasteiger partial charge in [0.05, 0.1) is 21.5 Å². The van der Waals surface area contributed by atoms with E-state index in [4.69, 9.17) is 4.74 Å². The Kier molecular flexibility index (Phi) is 7.06. The number of alkyl halides is 3. The fourth-order valence-electron chi connectivity index (χ4n) is 2.57. The molecule has 0 aliphatic rings. The van der Waals surface area contributed by atoms with E-state index in [2.05, 4.69) is 5.32 Å². The SMILES string of the molecule is CN[C@@H](Cc1ccc(C(F)(F)F)cc1)C(=O)OCc1cc([N+](=O)[O-])cc([N+](=O)[O-])c1. The molecule has 0 saturated heterocycles. The zero-order valence-electron chi connectivity index (χ0n) is 15.5. The summed E-state index contributed by atoms with van der Waals surface area (Å²) in [6, 6.07) is 6.25. The Bertz CT molecular complexity index is 915. The summed E-state index contributed by atoms with van der Waals surface area (Å²) in [6.45, 7) is -0.452. The van der Waals surface area contributed by atoms with Gasteiger partial charge in [-0.15, -0.1) is 0 Å². The van der Waals surface area contributed by atoms with E-state index < -0.39 is 51.6 Å². The van der Waals surface area contributed by atoms with Crippen molar-refractivity contribution in [2.24, 2.45) is 0 Å². The highest BCUT2D eigenvalue weighted by Crippen LogP contribution is 2.29. The van der Waals surface area contributed by atoms with Crippen molar-refractivity contribution < 1.29 is 32.5 Å². The summed E-state index contributed by atoms with van der Waals surface area (Å²) in [4.78, 5) is 32.5. The van der Waals surface area contributed by atoms with Gasteiger partial charge in [0.1, 0.15) is 12.6 Å². The maximum Gasteiger partial charge on any atom is 0.416 e. The third kappa shape index (κ3) is 5.98. The number of carbonyl (C=O) groups excluding carboxylic acids is 1. The summed E-state index contributed by atoms with van der Waals surface area (Å²) in [5.74, 6) is -0.772. The zero-order valence-corrected chi connectivity index (χ0v) is 15.5. The molecule has 0 radical (unpaired) electrons. The molecule has 12 heteroatoms. The summed E-state index contributed by atoms with van der Waals surface area (Å²) in [7, 11) is 1.45. The van der Waals surface area contributed by atoms with E-state index in [-0.39, 0.29) is 12.0 Å². The second-order valence-corrected chi connectivity index (χ2v) is 6.22. The molecule has 0 heterocycles. The lowest BCUT2D eigenvalue weighted by atomic mass is 10.0. The molecule has 160 valence electrons. The lowest BCUT2D eigenvalue weighted by molar-refractivity contribution is -0.394. The van der Waals surface area contributed by atoms with Crippen LogP contribution in [-0.4, -0.2) is 28.9 Å². The van der Waals surface area contributed by atoms with E-state index in [1.54, 1.807) is 0 Å². The van der Waals surface area contributed by atoms with Crippen molar-refractivity contribution in [2.75, 3.05) is 7.05 Å². The first kappa shape index (κ1) is 22.7. The second kappa shape index (κ2) is 9.31. The summed E-state index contributed by atoms with van der Waals surface area (Å²) in [5, 5.41) is 24.5. The molecule has 2 rings (SSSR count). The number of likely N-dealkylation sites (N-methyl/N-ethyl adjacent to an activating group) is 1. The predicted molar refractivity (Wildman–Crippen MR) is 97.5 cm³/mol. The van der Waals surface area contributed by atoms with Gasteiger partial charge >= 0.3 is 12.1 Å². The number of hydrogen-bond acceptors (Lipinski definition) is 7. The average molecular weight is 427 g/mol. The van der Waals surface area contributed by atoms with Gasteiger partial charge in [-0.1, -0.05) is 12.1 Å². The molecule has 0 fully saturated rings. The number of nitro benzene ring substituents is 2. The first-order chi connectivity index (χ1) is 14.0. The third-order valence-corrected chi connectivity index (χ3v) is 4.12. The standard InChI is InChI=1S/C18H16F3N3O6/c1-22-16(8-11-2-4-13(5-3-11)18(19,20)21)17(25)30-10-12-6-14(23(26)27)9-15(7-12)24(28)29/h2-7,9,16,22H,8,10H2,1H3/t16-/m0/s1. The van der Waals surface area contributed by atoms with Crippen LogP contribution in [0.5, 0.6) is 0 Å². The van der Waals surface area contributed by atoms with Gasteiger partial charge in [0, 0.05) is 17.7 Å². The molecule has 0 spiro atoms. The van der Waals surface area contributed by atoms with Crippen LogP contribution >= 0.6 is 0 Å². The van der Waals surface area contributed by atoms with Crippen LogP contribution < -0.4 is 5.32 Å². The minimum absolute atomic E-state index is 0.0303. The molecule has 30 heavy (non-hydrogen) atoms. The van der Waals surface area contributed by atoms with E-state index in [1.165, 1.54) is 19.2 Å². The molecule has 0 aliphatic heterocycles. The van der Waals surface area contributed by atoms with E-state index in [0.29, 0.717) is 5.56 Å². The van der Waals surface area contributed by atoms with Gasteiger partial charge < -0.3 is 10.1 Å². The first-order valence-electron chi connectivity index (χ1n) is 8.44. The van der Waals surface area contributed by atoms with Gasteiger partial charge in [0.25, 0.3) is 11.4 Å². The summed E-state index contributed by atoms with van der Waals surface area (Å²) < 4.78 is 42.9. The van der Waals surface area contributed by atoms with Crippen LogP contribution in [0.15, 0.2) is 42.5 Å². The Morgan fingerprint density at radius 2 is 1.57 bits per heavy atom. The highest BCUT2D eigenvalue weighted by atomic mass is 19.4. The highest BCUT2D eigenvalue weighted by Gasteiger charge is 2.30. The van der Waals surface area contributed by atoms with Crippen molar-refractivity contribution in [3.05, 3.63) is 79.4 Å². The van der Waals surface area contributed by atoms with Crippen LogP contribution in [0.25, 0.3) is 0 Å². The zero-order chi connectivity index (χ0) is 22.5. The summed E-state index contributed by atoms with van der Waals surface area (Å²) in [5.41, 5.74) is -1.36. The molecule has 2 aromatic rings. The Hall–Kier alpha value is -3.54. The lowest BCUT2D eigenvalue weighted by Crippen LogP contribution is -2.37. The molecule has 1 atom stereocenters. The van der Waals surface area contributed by atoms with Crippen molar-refractivity contribution in [3.63, 3.8) is 0 Å². The normalized spacial score (nSPS) is 12.3. The molecule has 0 aromatic heterocycles. The molecule has 0 amide bonds. The van der Waals surface area contributed by atoms with E-state index >= 15 is 0 Å². The maximum absolute atomic E-state index is 12.6. The van der Waals surface area contributed by atoms with Gasteiger partial charge in [-0.05, 0) is 31.2 Å². The Balaban J connectivity index is 2.07. The van der Waals surface area contributed by atoms with E-state index in [9.17, 15) is 38.2 Å². The van der Waals surface area contributed by atoms with Crippen LogP contribution in [0, 0.1) is 20.2 Å². The quantitative estimate of drug-likeness (QED) is 0.389. The molecule has 0 bridgehead atoms. The number of esters is 1. The fraction of sp³-hybridized carbons (Fsp3) is 0.278. The van der Waals surface area contributed by atoms with Gasteiger partial charge in [0.2, 0.25) is 0 Å².